The Labute approximate surface area is 217 Å². The Balaban J connectivity index is 1.76. The van der Waals surface area contributed by atoms with Crippen molar-refractivity contribution in [2.24, 2.45) is 17.3 Å². The number of carbonyl (C=O) groups is 3. The highest BCUT2D eigenvalue weighted by molar-refractivity contribution is 5.91. The lowest BCUT2D eigenvalue weighted by molar-refractivity contribution is -0.152. The molecule has 4 bridgehead atoms. The number of carboxylic acids is 1. The van der Waals surface area contributed by atoms with Gasteiger partial charge in [-0.1, -0.05) is 45.9 Å². The van der Waals surface area contributed by atoms with Crippen LogP contribution in [0.1, 0.15) is 51.7 Å². The molecule has 198 valence electrons. The predicted molar refractivity (Wildman–Crippen MR) is 140 cm³/mol. The molecule has 2 aliphatic rings. The first-order valence-corrected chi connectivity index (χ1v) is 12.8. The molecule has 0 aliphatic carbocycles. The molecule has 1 N–H and O–H groups in total. The fourth-order valence-corrected chi connectivity index (χ4v) is 5.06. The molecule has 1 amide bonds. The van der Waals surface area contributed by atoms with Crippen LogP contribution in [0.15, 0.2) is 30.5 Å². The molecule has 3 heterocycles. The lowest BCUT2D eigenvalue weighted by Gasteiger charge is -2.34. The SMILES string of the molecule is Cc1cc2ccnc3c2cc1/C=C/COC[C@H](C)C(=O)C[C@@H](C(C)(C)C)C(=O)N1C[C@@H](C[C@H]1C(=O)O)O3. The van der Waals surface area contributed by atoms with Gasteiger partial charge in [0.25, 0.3) is 0 Å². The maximum atomic E-state index is 13.8. The molecule has 4 rings (SSSR count). The molecule has 8 nitrogen and oxygen atoms in total. The summed E-state index contributed by atoms with van der Waals surface area (Å²) in [6.45, 7) is 10.2. The highest BCUT2D eigenvalue weighted by atomic mass is 16.5. The Hall–Kier alpha value is -3.26. The third kappa shape index (κ3) is 5.85. The molecule has 37 heavy (non-hydrogen) atoms. The Morgan fingerprint density at radius 3 is 2.68 bits per heavy atom. The van der Waals surface area contributed by atoms with Crippen LogP contribution in [0.3, 0.4) is 0 Å². The number of Topliss-reactive ketones (excluding diaryl/α,β-unsaturated/α-hetero) is 1. The number of aromatic nitrogens is 1. The summed E-state index contributed by atoms with van der Waals surface area (Å²) in [6.07, 6.45) is 5.20. The summed E-state index contributed by atoms with van der Waals surface area (Å²) in [7, 11) is 0. The van der Waals surface area contributed by atoms with Gasteiger partial charge in [0.15, 0.2) is 0 Å². The van der Waals surface area contributed by atoms with E-state index in [4.69, 9.17) is 9.47 Å². The highest BCUT2D eigenvalue weighted by Gasteiger charge is 2.46. The number of carbonyl (C=O) groups excluding carboxylic acids is 2. The van der Waals surface area contributed by atoms with E-state index in [2.05, 4.69) is 11.1 Å². The van der Waals surface area contributed by atoms with E-state index in [-0.39, 0.29) is 43.6 Å². The van der Waals surface area contributed by atoms with Crippen LogP contribution in [0.4, 0.5) is 0 Å². The largest absolute Gasteiger partial charge is 0.480 e. The number of pyridine rings is 1. The first-order chi connectivity index (χ1) is 17.5. The molecule has 0 saturated carbocycles. The summed E-state index contributed by atoms with van der Waals surface area (Å²) in [5.74, 6) is -2.13. The molecule has 8 heteroatoms. The summed E-state index contributed by atoms with van der Waals surface area (Å²) in [5.41, 5.74) is 1.53. The molecule has 1 fully saturated rings. The zero-order valence-electron chi connectivity index (χ0n) is 22.2. The maximum Gasteiger partial charge on any atom is 0.326 e. The van der Waals surface area contributed by atoms with Gasteiger partial charge < -0.3 is 19.5 Å². The van der Waals surface area contributed by atoms with Gasteiger partial charge in [-0.25, -0.2) is 9.78 Å². The minimum absolute atomic E-state index is 0.0295. The summed E-state index contributed by atoms with van der Waals surface area (Å²) in [5, 5.41) is 11.7. The van der Waals surface area contributed by atoms with E-state index in [0.29, 0.717) is 12.5 Å². The van der Waals surface area contributed by atoms with E-state index in [9.17, 15) is 19.5 Å². The van der Waals surface area contributed by atoms with Gasteiger partial charge in [0, 0.05) is 36.3 Å². The summed E-state index contributed by atoms with van der Waals surface area (Å²) >= 11 is 0. The highest BCUT2D eigenvalue weighted by Crippen LogP contribution is 2.35. The number of rotatable bonds is 1. The topological polar surface area (TPSA) is 106 Å². The molecule has 1 aromatic carbocycles. The van der Waals surface area contributed by atoms with Crippen molar-refractivity contribution in [3.05, 3.63) is 41.6 Å². The Morgan fingerprint density at radius 1 is 1.22 bits per heavy atom. The first kappa shape index (κ1) is 26.8. The van der Waals surface area contributed by atoms with Crippen molar-refractivity contribution in [1.82, 2.24) is 9.88 Å². The van der Waals surface area contributed by atoms with E-state index in [1.807, 2.05) is 52.0 Å². The number of ketones is 1. The lowest BCUT2D eigenvalue weighted by atomic mass is 9.75. The number of amides is 1. The van der Waals surface area contributed by atoms with Crippen LogP contribution in [0.5, 0.6) is 5.88 Å². The summed E-state index contributed by atoms with van der Waals surface area (Å²) in [4.78, 5) is 44.9. The fourth-order valence-electron chi connectivity index (χ4n) is 5.06. The standard InChI is InChI=1S/C29H36N2O6/c1-17-11-20-8-9-30-26-22(20)12-19(17)7-6-10-36-16-18(2)25(32)14-23(29(3,4)5)27(33)31-15-21(37-26)13-24(31)28(34)35/h6-9,11-12,18,21,23-24H,10,13-16H2,1-5H3,(H,34,35)/b7-6+/t18-,21+,23+,24-/m0/s1. The summed E-state index contributed by atoms with van der Waals surface area (Å²) in [6, 6.07) is 4.94. The zero-order chi connectivity index (χ0) is 26.9. The van der Waals surface area contributed by atoms with Crippen molar-refractivity contribution in [3.63, 3.8) is 0 Å². The van der Waals surface area contributed by atoms with Gasteiger partial charge >= 0.3 is 5.97 Å². The number of hydrogen-bond acceptors (Lipinski definition) is 6. The minimum Gasteiger partial charge on any atom is -0.480 e. The number of benzene rings is 1. The van der Waals surface area contributed by atoms with Gasteiger partial charge in [0.2, 0.25) is 11.8 Å². The first-order valence-electron chi connectivity index (χ1n) is 12.8. The normalized spacial score (nSPS) is 26.6. The van der Waals surface area contributed by atoms with E-state index >= 15 is 0 Å². The van der Waals surface area contributed by atoms with Crippen LogP contribution in [-0.2, 0) is 19.1 Å². The maximum absolute atomic E-state index is 13.8. The number of hydrogen-bond donors (Lipinski definition) is 1. The number of carboxylic acid groups (broad SMARTS) is 1. The van der Waals surface area contributed by atoms with Crippen LogP contribution < -0.4 is 4.74 Å². The van der Waals surface area contributed by atoms with Gasteiger partial charge in [-0.15, -0.1) is 0 Å². The molecule has 2 aromatic rings. The van der Waals surface area contributed by atoms with Crippen LogP contribution in [-0.4, -0.2) is 64.6 Å². The molecule has 4 atom stereocenters. The fraction of sp³-hybridized carbons (Fsp3) is 0.517. The van der Waals surface area contributed by atoms with Crippen molar-refractivity contribution in [3.8, 4) is 5.88 Å². The Bertz CT molecular complexity index is 1230. The second-order valence-electron chi connectivity index (χ2n) is 11.3. The van der Waals surface area contributed by atoms with E-state index in [0.717, 1.165) is 21.9 Å². The second-order valence-corrected chi connectivity index (χ2v) is 11.3. The third-order valence-electron chi connectivity index (χ3n) is 7.40. The second kappa shape index (κ2) is 10.6. The molecular weight excluding hydrogens is 472 g/mol. The number of aryl methyl sites for hydroxylation is 1. The summed E-state index contributed by atoms with van der Waals surface area (Å²) < 4.78 is 12.0. The molecular formula is C29H36N2O6. The van der Waals surface area contributed by atoms with E-state index < -0.39 is 29.4 Å². The van der Waals surface area contributed by atoms with Crippen LogP contribution >= 0.6 is 0 Å². The van der Waals surface area contributed by atoms with Crippen LogP contribution in [0.2, 0.25) is 0 Å². The van der Waals surface area contributed by atoms with Crippen molar-refractivity contribution < 1.29 is 29.0 Å². The van der Waals surface area contributed by atoms with Crippen LogP contribution in [0.25, 0.3) is 16.8 Å². The van der Waals surface area contributed by atoms with Gasteiger partial charge in [0.1, 0.15) is 17.9 Å². The number of aliphatic carboxylic acids is 1. The average molecular weight is 509 g/mol. The van der Waals surface area contributed by atoms with Crippen molar-refractivity contribution in [1.29, 1.82) is 0 Å². The number of ether oxygens (including phenoxy) is 2. The predicted octanol–water partition coefficient (Wildman–Crippen LogP) is 4.28. The molecule has 1 aromatic heterocycles. The molecule has 0 radical (unpaired) electrons. The van der Waals surface area contributed by atoms with Crippen molar-refractivity contribution in [2.45, 2.75) is 59.6 Å². The van der Waals surface area contributed by atoms with E-state index in [1.165, 1.54) is 4.90 Å². The van der Waals surface area contributed by atoms with Gasteiger partial charge in [-0.2, -0.15) is 0 Å². The van der Waals surface area contributed by atoms with Crippen molar-refractivity contribution >= 4 is 34.5 Å². The lowest BCUT2D eigenvalue weighted by Crippen LogP contribution is -2.47. The smallest absolute Gasteiger partial charge is 0.326 e. The van der Waals surface area contributed by atoms with Crippen LogP contribution in [0, 0.1) is 24.2 Å². The molecule has 0 spiro atoms. The molecule has 0 unspecified atom stereocenters. The number of nitrogens with zero attached hydrogens (tertiary/aromatic N) is 2. The minimum atomic E-state index is -1.08. The Morgan fingerprint density at radius 2 is 1.97 bits per heavy atom. The van der Waals surface area contributed by atoms with Gasteiger partial charge in [0.05, 0.1) is 19.8 Å². The Kier molecular flexibility index (Phi) is 7.69. The third-order valence-corrected chi connectivity index (χ3v) is 7.40. The quantitative estimate of drug-likeness (QED) is 0.613. The van der Waals surface area contributed by atoms with Crippen molar-refractivity contribution in [2.75, 3.05) is 19.8 Å². The number of fused-ring (bicyclic) bond motifs is 3. The van der Waals surface area contributed by atoms with E-state index in [1.54, 1.807) is 13.1 Å². The average Bonchev–Trinajstić information content (AvgIpc) is 3.25. The van der Waals surface area contributed by atoms with Gasteiger partial charge in [-0.3, -0.25) is 9.59 Å². The molecule has 1 saturated heterocycles. The molecule has 2 aliphatic heterocycles. The van der Waals surface area contributed by atoms with Gasteiger partial charge in [-0.05, 0) is 41.0 Å². The monoisotopic (exact) mass is 508 g/mol. The zero-order valence-corrected chi connectivity index (χ0v) is 22.2.